The number of hydrogen-bond donors (Lipinski definition) is 0. The van der Waals surface area contributed by atoms with Crippen LogP contribution in [0.2, 0.25) is 0 Å². The Hall–Kier alpha value is -0.900. The van der Waals surface area contributed by atoms with Crippen LogP contribution in [-0.2, 0) is 11.2 Å². The fourth-order valence-corrected chi connectivity index (χ4v) is 2.58. The Bertz CT molecular complexity index is 476. The van der Waals surface area contributed by atoms with Gasteiger partial charge in [0.05, 0.1) is 5.56 Å². The van der Waals surface area contributed by atoms with Crippen molar-refractivity contribution >= 4 is 21.9 Å². The fourth-order valence-electron chi connectivity index (χ4n) is 2.10. The van der Waals surface area contributed by atoms with E-state index in [1.54, 1.807) is 6.07 Å². The lowest BCUT2D eigenvalue weighted by Crippen LogP contribution is -2.24. The molecule has 1 heterocycles. The highest BCUT2D eigenvalue weighted by Crippen LogP contribution is 2.30. The number of carbonyl (C=O) groups excluding carboxylic acids is 1. The monoisotopic (exact) mass is 325 g/mol. The number of ether oxygens (including phenoxy) is 1. The molecule has 0 aromatic carbocycles. The molecule has 1 aromatic heterocycles. The topological polar surface area (TPSA) is 39.2 Å². The van der Waals surface area contributed by atoms with Gasteiger partial charge in [-0.3, -0.25) is 0 Å². The van der Waals surface area contributed by atoms with E-state index in [0.29, 0.717) is 10.2 Å². The van der Waals surface area contributed by atoms with Crippen LogP contribution in [0.5, 0.6) is 0 Å². The number of halogens is 1. The van der Waals surface area contributed by atoms with E-state index in [1.165, 1.54) is 19.3 Å². The van der Waals surface area contributed by atoms with Gasteiger partial charge in [-0.2, -0.15) is 0 Å². The van der Waals surface area contributed by atoms with Gasteiger partial charge in [0.1, 0.15) is 10.2 Å². The molecule has 0 atom stereocenters. The zero-order valence-electron chi connectivity index (χ0n) is 11.7. The summed E-state index contributed by atoms with van der Waals surface area (Å²) in [6.07, 6.45) is 4.82. The second-order valence-corrected chi connectivity index (χ2v) is 6.99. The van der Waals surface area contributed by atoms with Gasteiger partial charge in [-0.15, -0.1) is 0 Å². The molecule has 3 nitrogen and oxygen atoms in total. The predicted molar refractivity (Wildman–Crippen MR) is 78.2 cm³/mol. The molecule has 0 amide bonds. The number of esters is 1. The molecule has 104 valence electrons. The van der Waals surface area contributed by atoms with Crippen molar-refractivity contribution in [3.63, 3.8) is 0 Å². The molecule has 0 bridgehead atoms. The minimum absolute atomic E-state index is 0.287. The average molecular weight is 326 g/mol. The molecule has 0 radical (unpaired) electrons. The summed E-state index contributed by atoms with van der Waals surface area (Å²) in [4.78, 5) is 16.5. The first-order valence-corrected chi connectivity index (χ1v) is 7.52. The van der Waals surface area contributed by atoms with Crippen molar-refractivity contribution in [3.05, 3.63) is 28.0 Å². The van der Waals surface area contributed by atoms with E-state index in [9.17, 15) is 4.79 Å². The first kappa shape index (κ1) is 14.5. The van der Waals surface area contributed by atoms with Gasteiger partial charge in [0.2, 0.25) is 0 Å². The fraction of sp³-hybridized carbons (Fsp3) is 0.600. The van der Waals surface area contributed by atoms with Gasteiger partial charge in [-0.05, 0) is 61.2 Å². The highest BCUT2D eigenvalue weighted by Gasteiger charge is 2.21. The smallest absolute Gasteiger partial charge is 0.338 e. The molecule has 1 aliphatic rings. The zero-order valence-corrected chi connectivity index (χ0v) is 13.3. The van der Waals surface area contributed by atoms with Crippen molar-refractivity contribution in [2.24, 2.45) is 5.92 Å². The van der Waals surface area contributed by atoms with E-state index >= 15 is 0 Å². The van der Waals surface area contributed by atoms with Crippen molar-refractivity contribution in [1.82, 2.24) is 4.98 Å². The van der Waals surface area contributed by atoms with Crippen LogP contribution in [0.15, 0.2) is 16.7 Å². The first-order valence-electron chi connectivity index (χ1n) is 6.73. The Labute approximate surface area is 122 Å². The Morgan fingerprint density at radius 3 is 2.63 bits per heavy atom. The Balaban J connectivity index is 2.13. The van der Waals surface area contributed by atoms with Crippen molar-refractivity contribution < 1.29 is 9.53 Å². The van der Waals surface area contributed by atoms with Gasteiger partial charge < -0.3 is 4.74 Å². The molecule has 19 heavy (non-hydrogen) atoms. The Morgan fingerprint density at radius 2 is 2.11 bits per heavy atom. The molecule has 1 saturated carbocycles. The second-order valence-electron chi connectivity index (χ2n) is 6.17. The summed E-state index contributed by atoms with van der Waals surface area (Å²) in [5.41, 5.74) is 1.08. The van der Waals surface area contributed by atoms with E-state index in [2.05, 4.69) is 20.9 Å². The van der Waals surface area contributed by atoms with Gasteiger partial charge >= 0.3 is 5.97 Å². The minimum atomic E-state index is -0.471. The highest BCUT2D eigenvalue weighted by atomic mass is 79.9. The van der Waals surface area contributed by atoms with Crippen molar-refractivity contribution in [3.8, 4) is 0 Å². The van der Waals surface area contributed by atoms with E-state index in [-0.39, 0.29) is 5.97 Å². The van der Waals surface area contributed by atoms with Crippen molar-refractivity contribution in [2.45, 2.75) is 52.1 Å². The number of pyridine rings is 1. The first-order chi connectivity index (χ1) is 8.83. The Morgan fingerprint density at radius 1 is 1.42 bits per heavy atom. The lowest BCUT2D eigenvalue weighted by Gasteiger charge is -2.25. The van der Waals surface area contributed by atoms with Crippen LogP contribution in [0.25, 0.3) is 0 Å². The molecule has 0 spiro atoms. The third-order valence-corrected chi connectivity index (χ3v) is 3.61. The van der Waals surface area contributed by atoms with Crippen LogP contribution in [-0.4, -0.2) is 16.6 Å². The van der Waals surface area contributed by atoms with Gasteiger partial charge in [0.15, 0.2) is 0 Å². The molecular formula is C15H20BrNO2. The number of aromatic nitrogens is 1. The number of nitrogens with zero attached hydrogens (tertiary/aromatic N) is 1. The van der Waals surface area contributed by atoms with Gasteiger partial charge in [0.25, 0.3) is 0 Å². The predicted octanol–water partition coefficient (Wildman–Crippen LogP) is 4.14. The molecule has 2 rings (SSSR count). The summed E-state index contributed by atoms with van der Waals surface area (Å²) in [6, 6.07) is 3.58. The summed E-state index contributed by atoms with van der Waals surface area (Å²) in [6.45, 7) is 5.61. The van der Waals surface area contributed by atoms with Crippen LogP contribution in [0.3, 0.4) is 0 Å². The van der Waals surface area contributed by atoms with E-state index in [4.69, 9.17) is 4.74 Å². The van der Waals surface area contributed by atoms with Crippen molar-refractivity contribution in [1.29, 1.82) is 0 Å². The van der Waals surface area contributed by atoms with Crippen LogP contribution in [0, 0.1) is 5.92 Å². The highest BCUT2D eigenvalue weighted by molar-refractivity contribution is 9.10. The molecule has 1 aromatic rings. The largest absolute Gasteiger partial charge is 0.456 e. The summed E-state index contributed by atoms with van der Waals surface area (Å²) < 4.78 is 6.09. The zero-order chi connectivity index (χ0) is 14.0. The van der Waals surface area contributed by atoms with Crippen molar-refractivity contribution in [2.75, 3.05) is 0 Å². The van der Waals surface area contributed by atoms with E-state index in [1.807, 2.05) is 26.8 Å². The standard InChI is InChI=1S/C15H20BrNO2/c1-15(2,3)19-14(18)11-8-12(17-13(16)9-11)7-10-5-4-6-10/h8-10H,4-7H2,1-3H3. The molecule has 0 saturated heterocycles. The summed E-state index contributed by atoms with van der Waals surface area (Å²) in [7, 11) is 0. The third kappa shape index (κ3) is 4.30. The van der Waals surface area contributed by atoms with Crippen LogP contribution in [0.4, 0.5) is 0 Å². The van der Waals surface area contributed by atoms with E-state index < -0.39 is 5.60 Å². The van der Waals surface area contributed by atoms with Gasteiger partial charge in [0, 0.05) is 5.69 Å². The minimum Gasteiger partial charge on any atom is -0.456 e. The SMILES string of the molecule is CC(C)(C)OC(=O)c1cc(Br)nc(CC2CCC2)c1. The van der Waals surface area contributed by atoms with Gasteiger partial charge in [-0.25, -0.2) is 9.78 Å². The number of carbonyl (C=O) groups is 1. The number of hydrogen-bond acceptors (Lipinski definition) is 3. The Kier molecular flexibility index (Phi) is 4.29. The maximum atomic E-state index is 12.1. The number of rotatable bonds is 3. The van der Waals surface area contributed by atoms with Gasteiger partial charge in [-0.1, -0.05) is 19.3 Å². The van der Waals surface area contributed by atoms with E-state index in [0.717, 1.165) is 18.0 Å². The molecule has 0 aliphatic heterocycles. The summed E-state index contributed by atoms with van der Waals surface area (Å²) in [5.74, 6) is 0.443. The lowest BCUT2D eigenvalue weighted by atomic mass is 9.82. The summed E-state index contributed by atoms with van der Waals surface area (Å²) >= 11 is 3.37. The maximum absolute atomic E-state index is 12.1. The molecule has 1 fully saturated rings. The van der Waals surface area contributed by atoms with Crippen LogP contribution >= 0.6 is 15.9 Å². The molecule has 0 unspecified atom stereocenters. The molecule has 0 N–H and O–H groups in total. The average Bonchev–Trinajstić information content (AvgIpc) is 2.20. The molecule has 1 aliphatic carbocycles. The second kappa shape index (κ2) is 5.61. The van der Waals surface area contributed by atoms with Crippen LogP contribution in [0.1, 0.15) is 56.1 Å². The normalized spacial score (nSPS) is 16.0. The third-order valence-electron chi connectivity index (χ3n) is 3.20. The molecule has 4 heteroatoms. The summed E-state index contributed by atoms with van der Waals surface area (Å²) in [5, 5.41) is 0. The lowest BCUT2D eigenvalue weighted by molar-refractivity contribution is 0.00691. The maximum Gasteiger partial charge on any atom is 0.338 e. The molecular weight excluding hydrogens is 306 g/mol. The quantitative estimate of drug-likeness (QED) is 0.619. The van der Waals surface area contributed by atoms with Crippen LogP contribution < -0.4 is 0 Å².